The van der Waals surface area contributed by atoms with Crippen LogP contribution in [-0.4, -0.2) is 53.0 Å². The zero-order valence-electron chi connectivity index (χ0n) is 17.1. The van der Waals surface area contributed by atoms with Gasteiger partial charge >= 0.3 is 0 Å². The Morgan fingerprint density at radius 2 is 2.03 bits per heavy atom. The summed E-state index contributed by atoms with van der Waals surface area (Å²) in [7, 11) is 1.67. The number of aliphatic hydroxyl groups excluding tert-OH is 1. The smallest absolute Gasteiger partial charge is 0.264 e. The number of carbonyl (C=O) groups excluding carboxylic acids is 2. The molecule has 2 aliphatic rings. The molecule has 2 fully saturated rings. The van der Waals surface area contributed by atoms with Crippen molar-refractivity contribution < 1.29 is 19.4 Å². The number of pyridine rings is 1. The van der Waals surface area contributed by atoms with Crippen LogP contribution in [0.4, 0.5) is 0 Å². The molecule has 0 radical (unpaired) electrons. The number of rotatable bonds is 5. The van der Waals surface area contributed by atoms with E-state index in [1.165, 1.54) is 11.3 Å². The number of β-amino-alcohol motifs (C(OH)–C–C–N with tert-alkyl or cyclic N) is 1. The first-order valence-corrected chi connectivity index (χ1v) is 11.2. The van der Waals surface area contributed by atoms with E-state index in [4.69, 9.17) is 4.74 Å². The van der Waals surface area contributed by atoms with Gasteiger partial charge in [0.2, 0.25) is 5.91 Å². The lowest BCUT2D eigenvalue weighted by Crippen LogP contribution is -2.31. The molecule has 2 aromatic heterocycles. The Morgan fingerprint density at radius 1 is 1.26 bits per heavy atom. The topological polar surface area (TPSA) is 91.8 Å². The third-order valence-electron chi connectivity index (χ3n) is 6.08. The zero-order chi connectivity index (χ0) is 21.6. The molecule has 8 heteroatoms. The molecule has 3 heterocycles. The number of amides is 2. The highest BCUT2D eigenvalue weighted by Crippen LogP contribution is 2.48. The fourth-order valence-electron chi connectivity index (χ4n) is 4.16. The van der Waals surface area contributed by atoms with Gasteiger partial charge in [-0.3, -0.25) is 14.6 Å². The van der Waals surface area contributed by atoms with Crippen molar-refractivity contribution in [2.45, 2.75) is 30.8 Å². The Labute approximate surface area is 183 Å². The zero-order valence-corrected chi connectivity index (χ0v) is 17.9. The maximum atomic E-state index is 12.8. The van der Waals surface area contributed by atoms with Gasteiger partial charge in [-0.2, -0.15) is 0 Å². The second-order valence-corrected chi connectivity index (χ2v) is 9.17. The molecule has 0 unspecified atom stereocenters. The number of hydrogen-bond donors (Lipinski definition) is 2. The molecular weight excluding hydrogens is 414 g/mol. The lowest BCUT2D eigenvalue weighted by Gasteiger charge is -2.14. The number of nitrogens with zero attached hydrogens (tertiary/aromatic N) is 2. The third-order valence-corrected chi connectivity index (χ3v) is 7.21. The summed E-state index contributed by atoms with van der Waals surface area (Å²) in [6.45, 7) is 0.933. The van der Waals surface area contributed by atoms with Gasteiger partial charge in [-0.15, -0.1) is 11.3 Å². The number of ether oxygens (including phenoxy) is 1. The second-order valence-electron chi connectivity index (χ2n) is 8.12. The molecule has 1 aliphatic heterocycles. The molecule has 1 saturated carbocycles. The van der Waals surface area contributed by atoms with E-state index in [0.717, 1.165) is 23.1 Å². The third kappa shape index (κ3) is 3.55. The normalized spacial score (nSPS) is 19.4. The first-order chi connectivity index (χ1) is 15.0. The van der Waals surface area contributed by atoms with Crippen molar-refractivity contribution >= 4 is 33.4 Å². The van der Waals surface area contributed by atoms with Crippen molar-refractivity contribution in [3.63, 3.8) is 0 Å². The van der Waals surface area contributed by atoms with Gasteiger partial charge in [0.25, 0.3) is 5.91 Å². The molecule has 3 aromatic rings. The Bertz CT molecular complexity index is 1150. The van der Waals surface area contributed by atoms with Gasteiger partial charge in [0, 0.05) is 32.4 Å². The van der Waals surface area contributed by atoms with E-state index in [2.05, 4.69) is 10.3 Å². The van der Waals surface area contributed by atoms with Crippen LogP contribution in [0.1, 0.15) is 34.5 Å². The van der Waals surface area contributed by atoms with Crippen molar-refractivity contribution in [3.8, 4) is 11.5 Å². The van der Waals surface area contributed by atoms with Crippen molar-refractivity contribution in [1.29, 1.82) is 0 Å². The lowest BCUT2D eigenvalue weighted by molar-refractivity contribution is -0.123. The molecule has 7 nitrogen and oxygen atoms in total. The van der Waals surface area contributed by atoms with Gasteiger partial charge < -0.3 is 20.1 Å². The van der Waals surface area contributed by atoms with E-state index >= 15 is 0 Å². The number of aliphatic hydroxyl groups is 1. The number of hydrogen-bond acceptors (Lipinski definition) is 6. The summed E-state index contributed by atoms with van der Waals surface area (Å²) in [6, 6.07) is 11.2. The Hall–Kier alpha value is -2.97. The quantitative estimate of drug-likeness (QED) is 0.640. The summed E-state index contributed by atoms with van der Waals surface area (Å²) >= 11 is 1.35. The predicted molar refractivity (Wildman–Crippen MR) is 118 cm³/mol. The molecule has 160 valence electrons. The van der Waals surface area contributed by atoms with Crippen LogP contribution in [0.3, 0.4) is 0 Å². The second kappa shape index (κ2) is 7.62. The number of nitrogens with one attached hydrogen (secondary N) is 1. The van der Waals surface area contributed by atoms with Crippen molar-refractivity contribution in [1.82, 2.24) is 15.2 Å². The van der Waals surface area contributed by atoms with Crippen molar-refractivity contribution in [2.24, 2.45) is 0 Å². The summed E-state index contributed by atoms with van der Waals surface area (Å²) in [4.78, 5) is 31.6. The van der Waals surface area contributed by atoms with Gasteiger partial charge in [0.1, 0.15) is 11.5 Å². The molecule has 5 rings (SSSR count). The number of fused-ring (bicyclic) bond motifs is 1. The highest BCUT2D eigenvalue weighted by molar-refractivity contribution is 7.21. The number of aromatic nitrogens is 1. The lowest BCUT2D eigenvalue weighted by atomic mass is 9.95. The van der Waals surface area contributed by atoms with Gasteiger partial charge in [-0.25, -0.2) is 0 Å². The van der Waals surface area contributed by atoms with Gasteiger partial charge in [-0.05, 0) is 43.0 Å². The minimum absolute atomic E-state index is 0.0540. The fraction of sp³-hybridized carbons (Fsp3) is 0.348. The van der Waals surface area contributed by atoms with E-state index in [-0.39, 0.29) is 11.8 Å². The highest BCUT2D eigenvalue weighted by atomic mass is 32.1. The van der Waals surface area contributed by atoms with Crippen molar-refractivity contribution in [3.05, 3.63) is 53.0 Å². The van der Waals surface area contributed by atoms with E-state index in [0.29, 0.717) is 41.4 Å². The molecular formula is C23H23N3O4S. The maximum absolute atomic E-state index is 12.8. The first kappa shape index (κ1) is 20.0. The Morgan fingerprint density at radius 3 is 2.68 bits per heavy atom. The summed E-state index contributed by atoms with van der Waals surface area (Å²) < 4.78 is 6.91. The molecule has 31 heavy (non-hydrogen) atoms. The molecule has 2 amide bonds. The monoisotopic (exact) mass is 437 g/mol. The molecule has 0 spiro atoms. The summed E-state index contributed by atoms with van der Waals surface area (Å²) in [5, 5.41) is 12.5. The molecule has 1 saturated heterocycles. The number of thiophene rings is 1. The maximum Gasteiger partial charge on any atom is 0.264 e. The van der Waals surface area contributed by atoms with Crippen LogP contribution in [-0.2, 0) is 10.2 Å². The van der Waals surface area contributed by atoms with Crippen LogP contribution in [0, 0.1) is 0 Å². The predicted octanol–water partition coefficient (Wildman–Crippen LogP) is 3.07. The summed E-state index contributed by atoms with van der Waals surface area (Å²) in [5.41, 5.74) is 1.30. The molecule has 1 aromatic carbocycles. The van der Waals surface area contributed by atoms with Crippen LogP contribution in [0.15, 0.2) is 42.6 Å². The van der Waals surface area contributed by atoms with E-state index in [1.54, 1.807) is 30.3 Å². The number of likely N-dealkylation sites (tertiary alicyclic amines) is 1. The molecule has 2 N–H and O–H groups in total. The SMILES string of the molecule is CNC(=O)C1(c2ccc(Oc3ccnc4cc(C(=O)N5CC[C@@H](O)C5)sc34)cc2)CC1. The van der Waals surface area contributed by atoms with Gasteiger partial charge in [-0.1, -0.05) is 12.1 Å². The van der Waals surface area contributed by atoms with Crippen LogP contribution in [0.5, 0.6) is 11.5 Å². The molecule has 0 bridgehead atoms. The van der Waals surface area contributed by atoms with Crippen LogP contribution >= 0.6 is 11.3 Å². The molecule has 1 atom stereocenters. The number of benzene rings is 1. The number of likely N-dealkylation sites (N-methyl/N-ethyl adjacent to an activating group) is 1. The van der Waals surface area contributed by atoms with E-state index < -0.39 is 11.5 Å². The van der Waals surface area contributed by atoms with E-state index in [9.17, 15) is 14.7 Å². The average Bonchev–Trinajstić information content (AvgIpc) is 3.28. The minimum atomic E-state index is -0.448. The molecule has 1 aliphatic carbocycles. The minimum Gasteiger partial charge on any atom is -0.456 e. The van der Waals surface area contributed by atoms with Crippen LogP contribution in [0.2, 0.25) is 0 Å². The van der Waals surface area contributed by atoms with Crippen molar-refractivity contribution in [2.75, 3.05) is 20.1 Å². The van der Waals surface area contributed by atoms with E-state index in [1.807, 2.05) is 24.3 Å². The number of carbonyl (C=O) groups is 2. The fourth-order valence-corrected chi connectivity index (χ4v) is 5.20. The van der Waals surface area contributed by atoms with Crippen LogP contribution in [0.25, 0.3) is 10.2 Å². The van der Waals surface area contributed by atoms with Gasteiger partial charge in [0.05, 0.1) is 26.6 Å². The largest absolute Gasteiger partial charge is 0.456 e. The standard InChI is InChI=1S/C23H23N3O4S/c1-24-22(29)23(8-9-23)14-2-4-16(5-3-14)30-18-6-10-25-17-12-19(31-20(17)18)21(28)26-11-7-15(27)13-26/h2-6,10,12,15,27H,7-9,11,13H2,1H3,(H,24,29)/t15-/m1/s1. The highest BCUT2D eigenvalue weighted by Gasteiger charge is 2.50. The summed E-state index contributed by atoms with van der Waals surface area (Å²) in [5.74, 6) is 1.26. The van der Waals surface area contributed by atoms with Gasteiger partial charge in [0.15, 0.2) is 0 Å². The Balaban J connectivity index is 1.38. The average molecular weight is 438 g/mol. The summed E-state index contributed by atoms with van der Waals surface area (Å²) in [6.07, 6.45) is 3.55. The van der Waals surface area contributed by atoms with Crippen LogP contribution < -0.4 is 10.1 Å². The Kier molecular flexibility index (Phi) is 4.91. The first-order valence-electron chi connectivity index (χ1n) is 10.4.